The fourth-order valence-corrected chi connectivity index (χ4v) is 3.65. The fourth-order valence-electron chi connectivity index (χ4n) is 2.00. The number of carbonyl (C=O) groups is 1. The Morgan fingerprint density at radius 3 is 2.29 bits per heavy atom. The van der Waals surface area contributed by atoms with Crippen LogP contribution in [0.2, 0.25) is 0 Å². The second-order valence-electron chi connectivity index (χ2n) is 4.40. The summed E-state index contributed by atoms with van der Waals surface area (Å²) in [5.74, 6) is -0.307. The second-order valence-corrected chi connectivity index (χ2v) is 6.21. The molecule has 1 aromatic rings. The molecule has 0 radical (unpaired) electrons. The van der Waals surface area contributed by atoms with Crippen molar-refractivity contribution in [3.05, 3.63) is 29.8 Å². The molecule has 1 saturated heterocycles. The van der Waals surface area contributed by atoms with Crippen LogP contribution >= 0.6 is 0 Å². The number of hydrogen-bond acceptors (Lipinski definition) is 3. The number of sulfonamides is 1. The third-order valence-corrected chi connectivity index (χ3v) is 4.95. The molecular weight excluding hydrogens is 238 g/mol. The van der Waals surface area contributed by atoms with Gasteiger partial charge in [0, 0.05) is 12.5 Å². The van der Waals surface area contributed by atoms with Crippen molar-refractivity contribution in [1.29, 1.82) is 0 Å². The lowest BCUT2D eigenvalue weighted by Gasteiger charge is -2.21. The van der Waals surface area contributed by atoms with E-state index in [1.165, 1.54) is 0 Å². The molecule has 0 bridgehead atoms. The molecule has 0 saturated carbocycles. The third kappa shape index (κ3) is 2.07. The van der Waals surface area contributed by atoms with Crippen molar-refractivity contribution in [2.45, 2.75) is 37.6 Å². The summed E-state index contributed by atoms with van der Waals surface area (Å²) in [6, 6.07) is 6.32. The minimum Gasteiger partial charge on any atom is -0.274 e. The van der Waals surface area contributed by atoms with E-state index < -0.39 is 10.0 Å². The van der Waals surface area contributed by atoms with Crippen molar-refractivity contribution in [2.75, 3.05) is 0 Å². The molecule has 0 aliphatic carbocycles. The van der Waals surface area contributed by atoms with E-state index >= 15 is 0 Å². The smallest absolute Gasteiger partial charge is 0.266 e. The summed E-state index contributed by atoms with van der Waals surface area (Å²) in [4.78, 5) is 11.8. The lowest BCUT2D eigenvalue weighted by atomic mass is 10.2. The number of aryl methyl sites for hydroxylation is 1. The summed E-state index contributed by atoms with van der Waals surface area (Å²) < 4.78 is 25.6. The zero-order valence-electron chi connectivity index (χ0n) is 9.88. The summed E-state index contributed by atoms with van der Waals surface area (Å²) >= 11 is 0. The van der Waals surface area contributed by atoms with Gasteiger partial charge in [0.1, 0.15) is 0 Å². The van der Waals surface area contributed by atoms with E-state index in [2.05, 4.69) is 0 Å². The number of amides is 1. The molecule has 17 heavy (non-hydrogen) atoms. The molecule has 1 amide bonds. The van der Waals surface area contributed by atoms with E-state index in [-0.39, 0.29) is 16.8 Å². The van der Waals surface area contributed by atoms with Crippen LogP contribution in [0.4, 0.5) is 0 Å². The average Bonchev–Trinajstić information content (AvgIpc) is 2.59. The van der Waals surface area contributed by atoms with E-state index in [1.54, 1.807) is 31.2 Å². The van der Waals surface area contributed by atoms with Gasteiger partial charge in [-0.1, -0.05) is 17.7 Å². The number of rotatable bonds is 2. The summed E-state index contributed by atoms with van der Waals surface area (Å²) in [7, 11) is -3.67. The Balaban J connectivity index is 2.43. The Morgan fingerprint density at radius 2 is 1.82 bits per heavy atom. The van der Waals surface area contributed by atoms with Crippen LogP contribution in [-0.4, -0.2) is 24.7 Å². The van der Waals surface area contributed by atoms with Gasteiger partial charge in [-0.25, -0.2) is 12.7 Å². The Morgan fingerprint density at radius 1 is 1.24 bits per heavy atom. The highest BCUT2D eigenvalue weighted by Gasteiger charge is 2.37. The van der Waals surface area contributed by atoms with E-state index in [1.807, 2.05) is 6.92 Å². The molecule has 1 aliphatic heterocycles. The van der Waals surface area contributed by atoms with Gasteiger partial charge in [0.2, 0.25) is 5.91 Å². The number of hydrogen-bond donors (Lipinski definition) is 0. The highest BCUT2D eigenvalue weighted by molar-refractivity contribution is 7.89. The predicted octanol–water partition coefficient (Wildman–Crippen LogP) is 1.69. The predicted molar refractivity (Wildman–Crippen MR) is 63.9 cm³/mol. The van der Waals surface area contributed by atoms with Gasteiger partial charge in [-0.2, -0.15) is 0 Å². The minimum absolute atomic E-state index is 0.185. The van der Waals surface area contributed by atoms with Gasteiger partial charge in [-0.05, 0) is 32.4 Å². The number of nitrogens with zero attached hydrogens (tertiary/aromatic N) is 1. The third-order valence-electron chi connectivity index (χ3n) is 3.00. The molecule has 1 atom stereocenters. The van der Waals surface area contributed by atoms with E-state index in [0.29, 0.717) is 12.8 Å². The second kappa shape index (κ2) is 4.14. The Hall–Kier alpha value is -1.36. The van der Waals surface area contributed by atoms with Crippen molar-refractivity contribution < 1.29 is 13.2 Å². The van der Waals surface area contributed by atoms with E-state index in [9.17, 15) is 13.2 Å². The van der Waals surface area contributed by atoms with E-state index in [4.69, 9.17) is 0 Å². The maximum absolute atomic E-state index is 12.3. The fraction of sp³-hybridized carbons (Fsp3) is 0.417. The van der Waals surface area contributed by atoms with Crippen LogP contribution in [0, 0.1) is 6.92 Å². The molecule has 4 nitrogen and oxygen atoms in total. The first-order chi connectivity index (χ1) is 7.93. The molecule has 5 heteroatoms. The first kappa shape index (κ1) is 12.1. The highest BCUT2D eigenvalue weighted by Crippen LogP contribution is 2.26. The van der Waals surface area contributed by atoms with Crippen LogP contribution in [-0.2, 0) is 14.8 Å². The largest absolute Gasteiger partial charge is 0.274 e. The van der Waals surface area contributed by atoms with Gasteiger partial charge >= 0.3 is 0 Å². The van der Waals surface area contributed by atoms with Gasteiger partial charge < -0.3 is 0 Å². The SMILES string of the molecule is Cc1ccc(S(=O)(=O)N2C(=O)CC[C@@H]2C)cc1. The molecule has 92 valence electrons. The molecule has 1 fully saturated rings. The molecular formula is C12H15NO3S. The van der Waals surface area contributed by atoms with Crippen LogP contribution in [0.3, 0.4) is 0 Å². The van der Waals surface area contributed by atoms with Crippen LogP contribution in [0.5, 0.6) is 0 Å². The van der Waals surface area contributed by atoms with Crippen LogP contribution in [0.25, 0.3) is 0 Å². The monoisotopic (exact) mass is 253 g/mol. The molecule has 1 aromatic carbocycles. The van der Waals surface area contributed by atoms with Gasteiger partial charge in [-0.15, -0.1) is 0 Å². The zero-order valence-corrected chi connectivity index (χ0v) is 10.7. The van der Waals surface area contributed by atoms with Gasteiger partial charge in [-0.3, -0.25) is 4.79 Å². The standard InChI is InChI=1S/C12H15NO3S/c1-9-3-6-11(7-4-9)17(15,16)13-10(2)5-8-12(13)14/h3-4,6-7,10H,5,8H2,1-2H3/t10-/m0/s1. The molecule has 0 unspecified atom stereocenters. The Labute approximate surface area is 101 Å². The Kier molecular flexibility index (Phi) is 2.95. The topological polar surface area (TPSA) is 54.5 Å². The van der Waals surface area contributed by atoms with Crippen molar-refractivity contribution in [2.24, 2.45) is 0 Å². The van der Waals surface area contributed by atoms with Crippen molar-refractivity contribution in [3.8, 4) is 0 Å². The molecule has 0 N–H and O–H groups in total. The van der Waals surface area contributed by atoms with E-state index in [0.717, 1.165) is 9.87 Å². The normalized spacial score (nSPS) is 20.9. The molecule has 1 aliphatic rings. The van der Waals surface area contributed by atoms with Crippen molar-refractivity contribution in [1.82, 2.24) is 4.31 Å². The first-order valence-corrected chi connectivity index (χ1v) is 7.01. The summed E-state index contributed by atoms with van der Waals surface area (Å²) in [6.45, 7) is 3.65. The number of carbonyl (C=O) groups excluding carboxylic acids is 1. The number of benzene rings is 1. The Bertz CT molecular complexity index is 533. The lowest BCUT2D eigenvalue weighted by molar-refractivity contribution is -0.124. The molecule has 1 heterocycles. The van der Waals surface area contributed by atoms with Gasteiger partial charge in [0.15, 0.2) is 0 Å². The van der Waals surface area contributed by atoms with Gasteiger partial charge in [0.05, 0.1) is 4.90 Å². The van der Waals surface area contributed by atoms with Crippen molar-refractivity contribution >= 4 is 15.9 Å². The molecule has 0 aromatic heterocycles. The van der Waals surface area contributed by atoms with Crippen LogP contribution in [0.15, 0.2) is 29.2 Å². The highest BCUT2D eigenvalue weighted by atomic mass is 32.2. The van der Waals surface area contributed by atoms with Crippen LogP contribution < -0.4 is 0 Å². The van der Waals surface area contributed by atoms with Crippen molar-refractivity contribution in [3.63, 3.8) is 0 Å². The van der Waals surface area contributed by atoms with Crippen LogP contribution in [0.1, 0.15) is 25.3 Å². The quantitative estimate of drug-likeness (QED) is 0.806. The minimum atomic E-state index is -3.67. The maximum atomic E-state index is 12.3. The summed E-state index contributed by atoms with van der Waals surface area (Å²) in [5, 5.41) is 0. The molecule has 0 spiro atoms. The summed E-state index contributed by atoms with van der Waals surface area (Å²) in [6.07, 6.45) is 0.913. The zero-order chi connectivity index (χ0) is 12.6. The lowest BCUT2D eigenvalue weighted by Crippen LogP contribution is -2.37. The summed E-state index contributed by atoms with van der Waals surface area (Å²) in [5.41, 5.74) is 0.991. The molecule has 2 rings (SSSR count). The average molecular weight is 253 g/mol. The first-order valence-electron chi connectivity index (χ1n) is 5.57. The maximum Gasteiger partial charge on any atom is 0.266 e. The van der Waals surface area contributed by atoms with Gasteiger partial charge in [0.25, 0.3) is 10.0 Å².